The average molecular weight is 250 g/mol. The van der Waals surface area contributed by atoms with E-state index in [-0.39, 0.29) is 11.3 Å². The van der Waals surface area contributed by atoms with Crippen LogP contribution in [0.4, 0.5) is 0 Å². The second-order valence-corrected chi connectivity index (χ2v) is 5.36. The van der Waals surface area contributed by atoms with Gasteiger partial charge in [-0.25, -0.2) is 0 Å². The van der Waals surface area contributed by atoms with E-state index in [0.29, 0.717) is 18.7 Å². The normalized spacial score (nSPS) is 18.6. The molecule has 1 heterocycles. The molecule has 1 aliphatic carbocycles. The second kappa shape index (κ2) is 5.52. The van der Waals surface area contributed by atoms with Crippen LogP contribution in [-0.2, 0) is 0 Å². The summed E-state index contributed by atoms with van der Waals surface area (Å²) in [7, 11) is 0. The number of aromatic nitrogens is 2. The highest BCUT2D eigenvalue weighted by molar-refractivity contribution is 5.94. The number of rotatable bonds is 4. The SMILES string of the molecule is Cc1[nH]ncc1C(=O)NCC1(CN)CCCCC1. The van der Waals surface area contributed by atoms with Crippen molar-refractivity contribution in [3.63, 3.8) is 0 Å². The van der Waals surface area contributed by atoms with Crippen molar-refractivity contribution in [1.29, 1.82) is 0 Å². The van der Waals surface area contributed by atoms with E-state index in [0.717, 1.165) is 18.5 Å². The van der Waals surface area contributed by atoms with Crippen molar-refractivity contribution in [1.82, 2.24) is 15.5 Å². The maximum absolute atomic E-state index is 12.0. The summed E-state index contributed by atoms with van der Waals surface area (Å²) in [5, 5.41) is 9.65. The third-order valence-corrected chi connectivity index (χ3v) is 4.05. The Labute approximate surface area is 108 Å². The summed E-state index contributed by atoms with van der Waals surface area (Å²) >= 11 is 0. The number of hydrogen-bond donors (Lipinski definition) is 3. The first-order valence-corrected chi connectivity index (χ1v) is 6.65. The lowest BCUT2D eigenvalue weighted by Gasteiger charge is -2.36. The second-order valence-electron chi connectivity index (χ2n) is 5.36. The van der Waals surface area contributed by atoms with Crippen LogP contribution in [0.5, 0.6) is 0 Å². The summed E-state index contributed by atoms with van der Waals surface area (Å²) in [6, 6.07) is 0. The number of amides is 1. The molecule has 0 unspecified atom stereocenters. The van der Waals surface area contributed by atoms with E-state index in [9.17, 15) is 4.79 Å². The highest BCUT2D eigenvalue weighted by atomic mass is 16.1. The van der Waals surface area contributed by atoms with Crippen molar-refractivity contribution in [2.45, 2.75) is 39.0 Å². The Kier molecular flexibility index (Phi) is 4.01. The molecule has 100 valence electrons. The molecule has 0 spiro atoms. The van der Waals surface area contributed by atoms with Crippen LogP contribution in [0.2, 0.25) is 0 Å². The molecule has 5 heteroatoms. The van der Waals surface area contributed by atoms with Gasteiger partial charge >= 0.3 is 0 Å². The molecule has 1 aromatic rings. The van der Waals surface area contributed by atoms with E-state index in [1.54, 1.807) is 6.20 Å². The Morgan fingerprint density at radius 2 is 2.22 bits per heavy atom. The van der Waals surface area contributed by atoms with E-state index >= 15 is 0 Å². The summed E-state index contributed by atoms with van der Waals surface area (Å²) < 4.78 is 0. The number of nitrogens with zero attached hydrogens (tertiary/aromatic N) is 1. The van der Waals surface area contributed by atoms with Crippen molar-refractivity contribution >= 4 is 5.91 Å². The van der Waals surface area contributed by atoms with Crippen molar-refractivity contribution < 1.29 is 4.79 Å². The summed E-state index contributed by atoms with van der Waals surface area (Å²) in [6.45, 7) is 3.17. The van der Waals surface area contributed by atoms with Gasteiger partial charge in [-0.1, -0.05) is 19.3 Å². The summed E-state index contributed by atoms with van der Waals surface area (Å²) in [5.74, 6) is -0.0559. The largest absolute Gasteiger partial charge is 0.351 e. The molecule has 1 saturated carbocycles. The minimum Gasteiger partial charge on any atom is -0.351 e. The van der Waals surface area contributed by atoms with E-state index in [1.807, 2.05) is 6.92 Å². The van der Waals surface area contributed by atoms with Crippen LogP contribution in [0.25, 0.3) is 0 Å². The standard InChI is InChI=1S/C13H22N4O/c1-10-11(7-16-17-10)12(18)15-9-13(8-14)5-3-2-4-6-13/h7H,2-6,8-9,14H2,1H3,(H,15,18)(H,16,17). The molecule has 0 atom stereocenters. The molecule has 2 rings (SSSR count). The lowest BCUT2D eigenvalue weighted by atomic mass is 9.74. The van der Waals surface area contributed by atoms with Gasteiger partial charge in [0.2, 0.25) is 0 Å². The van der Waals surface area contributed by atoms with Gasteiger partial charge in [0.15, 0.2) is 0 Å². The van der Waals surface area contributed by atoms with Crippen LogP contribution in [0, 0.1) is 12.3 Å². The van der Waals surface area contributed by atoms with Crippen LogP contribution >= 0.6 is 0 Å². The van der Waals surface area contributed by atoms with E-state index in [4.69, 9.17) is 5.73 Å². The Morgan fingerprint density at radius 3 is 2.78 bits per heavy atom. The van der Waals surface area contributed by atoms with Gasteiger partial charge in [0.05, 0.1) is 11.8 Å². The molecule has 0 saturated heterocycles. The molecular weight excluding hydrogens is 228 g/mol. The van der Waals surface area contributed by atoms with Crippen molar-refractivity contribution in [3.05, 3.63) is 17.5 Å². The first-order valence-electron chi connectivity index (χ1n) is 6.65. The predicted octanol–water partition coefficient (Wildman–Crippen LogP) is 1.36. The molecule has 0 bridgehead atoms. The highest BCUT2D eigenvalue weighted by Crippen LogP contribution is 2.34. The Balaban J connectivity index is 1.94. The lowest BCUT2D eigenvalue weighted by molar-refractivity contribution is 0.0913. The zero-order chi connectivity index (χ0) is 13.0. The van der Waals surface area contributed by atoms with Gasteiger partial charge in [-0.15, -0.1) is 0 Å². The molecule has 1 fully saturated rings. The van der Waals surface area contributed by atoms with Gasteiger partial charge in [-0.2, -0.15) is 5.10 Å². The van der Waals surface area contributed by atoms with Gasteiger partial charge < -0.3 is 11.1 Å². The van der Waals surface area contributed by atoms with Crippen LogP contribution < -0.4 is 11.1 Å². The third-order valence-electron chi connectivity index (χ3n) is 4.05. The molecule has 1 aromatic heterocycles. The summed E-state index contributed by atoms with van der Waals surface area (Å²) in [4.78, 5) is 12.0. The van der Waals surface area contributed by atoms with Crippen molar-refractivity contribution in [2.24, 2.45) is 11.1 Å². The first kappa shape index (κ1) is 13.1. The maximum atomic E-state index is 12.0. The first-order chi connectivity index (χ1) is 8.67. The number of carbonyl (C=O) groups is 1. The fourth-order valence-corrected chi connectivity index (χ4v) is 2.70. The number of hydrogen-bond acceptors (Lipinski definition) is 3. The number of nitrogens with one attached hydrogen (secondary N) is 2. The number of aromatic amines is 1. The van der Waals surface area contributed by atoms with Gasteiger partial charge in [0.1, 0.15) is 0 Å². The minimum atomic E-state index is -0.0559. The smallest absolute Gasteiger partial charge is 0.254 e. The average Bonchev–Trinajstić information content (AvgIpc) is 2.83. The van der Waals surface area contributed by atoms with Gasteiger partial charge in [-0.05, 0) is 31.7 Å². The molecular formula is C13H22N4O. The molecule has 0 aromatic carbocycles. The lowest BCUT2D eigenvalue weighted by Crippen LogP contribution is -2.43. The molecule has 0 aliphatic heterocycles. The molecule has 0 radical (unpaired) electrons. The maximum Gasteiger partial charge on any atom is 0.254 e. The van der Waals surface area contributed by atoms with Gasteiger partial charge in [-0.3, -0.25) is 9.89 Å². The summed E-state index contributed by atoms with van der Waals surface area (Å²) in [5.41, 5.74) is 7.43. The van der Waals surface area contributed by atoms with Crippen molar-refractivity contribution in [2.75, 3.05) is 13.1 Å². The van der Waals surface area contributed by atoms with Crippen LogP contribution in [0.3, 0.4) is 0 Å². The number of nitrogens with two attached hydrogens (primary N) is 1. The van der Waals surface area contributed by atoms with E-state index < -0.39 is 0 Å². The zero-order valence-electron chi connectivity index (χ0n) is 11.0. The number of aryl methyl sites for hydroxylation is 1. The van der Waals surface area contributed by atoms with Crippen molar-refractivity contribution in [3.8, 4) is 0 Å². The van der Waals surface area contributed by atoms with Crippen LogP contribution in [-0.4, -0.2) is 29.2 Å². The predicted molar refractivity (Wildman–Crippen MR) is 70.2 cm³/mol. The topological polar surface area (TPSA) is 83.8 Å². The minimum absolute atomic E-state index is 0.0559. The third kappa shape index (κ3) is 2.72. The molecule has 5 nitrogen and oxygen atoms in total. The fraction of sp³-hybridized carbons (Fsp3) is 0.692. The molecule has 1 aliphatic rings. The number of carbonyl (C=O) groups excluding carboxylic acids is 1. The molecule has 1 amide bonds. The van der Waals surface area contributed by atoms with Gasteiger partial charge in [0.25, 0.3) is 5.91 Å². The fourth-order valence-electron chi connectivity index (χ4n) is 2.70. The Bertz CT molecular complexity index is 407. The number of H-pyrrole nitrogens is 1. The van der Waals surface area contributed by atoms with Crippen LogP contribution in [0.1, 0.15) is 48.2 Å². The zero-order valence-corrected chi connectivity index (χ0v) is 11.0. The Morgan fingerprint density at radius 1 is 1.50 bits per heavy atom. The van der Waals surface area contributed by atoms with E-state index in [1.165, 1.54) is 19.3 Å². The van der Waals surface area contributed by atoms with Gasteiger partial charge in [0, 0.05) is 12.2 Å². The molecule has 4 N–H and O–H groups in total. The molecule has 18 heavy (non-hydrogen) atoms. The quantitative estimate of drug-likeness (QED) is 0.754. The van der Waals surface area contributed by atoms with E-state index in [2.05, 4.69) is 15.5 Å². The van der Waals surface area contributed by atoms with Crippen LogP contribution in [0.15, 0.2) is 6.20 Å². The Hall–Kier alpha value is -1.36. The highest BCUT2D eigenvalue weighted by Gasteiger charge is 2.31. The summed E-state index contributed by atoms with van der Waals surface area (Å²) in [6.07, 6.45) is 7.54. The monoisotopic (exact) mass is 250 g/mol.